The van der Waals surface area contributed by atoms with Gasteiger partial charge in [-0.15, -0.1) is 0 Å². The molecule has 2 heterocycles. The maximum absolute atomic E-state index is 13.0. The third kappa shape index (κ3) is 4.13. The lowest BCUT2D eigenvalue weighted by atomic mass is 10.2. The highest BCUT2D eigenvalue weighted by atomic mass is 16.5. The molecule has 0 radical (unpaired) electrons. The second kappa shape index (κ2) is 8.70. The SMILES string of the molecule is CCCCN1CCn2c1nc(C(=O)OCC)c(OCc1ccccc1)c2=O. The molecule has 1 aromatic carbocycles. The summed E-state index contributed by atoms with van der Waals surface area (Å²) < 4.78 is 12.4. The van der Waals surface area contributed by atoms with Gasteiger partial charge in [0.25, 0.3) is 5.56 Å². The standard InChI is InChI=1S/C20H25N3O4/c1-3-5-11-22-12-13-23-18(24)17(27-14-15-9-7-6-8-10-15)16(21-20(22)23)19(25)26-4-2/h6-10H,3-5,11-14H2,1-2H3. The quantitative estimate of drug-likeness (QED) is 0.664. The van der Waals surface area contributed by atoms with Crippen molar-refractivity contribution in [2.24, 2.45) is 0 Å². The molecule has 1 aromatic heterocycles. The Morgan fingerprint density at radius 3 is 2.67 bits per heavy atom. The summed E-state index contributed by atoms with van der Waals surface area (Å²) >= 11 is 0. The van der Waals surface area contributed by atoms with Crippen molar-refractivity contribution < 1.29 is 14.3 Å². The van der Waals surface area contributed by atoms with Gasteiger partial charge in [0, 0.05) is 19.6 Å². The fourth-order valence-corrected chi connectivity index (χ4v) is 3.05. The van der Waals surface area contributed by atoms with Crippen LogP contribution in [0.1, 0.15) is 42.7 Å². The van der Waals surface area contributed by atoms with Gasteiger partial charge in [0.1, 0.15) is 6.61 Å². The molecule has 1 aliphatic rings. The summed E-state index contributed by atoms with van der Waals surface area (Å²) in [5, 5.41) is 0. The van der Waals surface area contributed by atoms with Gasteiger partial charge < -0.3 is 14.4 Å². The van der Waals surface area contributed by atoms with Crippen LogP contribution in [-0.4, -0.2) is 35.2 Å². The van der Waals surface area contributed by atoms with Crippen LogP contribution in [0.5, 0.6) is 5.75 Å². The number of hydrogen-bond acceptors (Lipinski definition) is 6. The molecule has 7 heteroatoms. The van der Waals surface area contributed by atoms with Gasteiger partial charge >= 0.3 is 5.97 Å². The minimum atomic E-state index is -0.636. The van der Waals surface area contributed by atoms with E-state index in [0.29, 0.717) is 19.0 Å². The molecule has 1 aliphatic heterocycles. The maximum Gasteiger partial charge on any atom is 0.361 e. The molecular weight excluding hydrogens is 346 g/mol. The van der Waals surface area contributed by atoms with E-state index in [1.165, 1.54) is 0 Å². The Bertz CT molecular complexity index is 848. The highest BCUT2D eigenvalue weighted by Crippen LogP contribution is 2.23. The van der Waals surface area contributed by atoms with E-state index in [9.17, 15) is 9.59 Å². The van der Waals surface area contributed by atoms with E-state index in [1.54, 1.807) is 11.5 Å². The van der Waals surface area contributed by atoms with Crippen LogP contribution in [-0.2, 0) is 17.9 Å². The molecular formula is C20H25N3O4. The third-order valence-electron chi connectivity index (χ3n) is 4.46. The molecule has 0 fully saturated rings. The number of nitrogens with zero attached hydrogens (tertiary/aromatic N) is 3. The van der Waals surface area contributed by atoms with Gasteiger partial charge in [0.05, 0.1) is 6.61 Å². The Balaban J connectivity index is 1.96. The van der Waals surface area contributed by atoms with E-state index in [4.69, 9.17) is 9.47 Å². The number of aromatic nitrogens is 2. The van der Waals surface area contributed by atoms with E-state index in [0.717, 1.165) is 24.9 Å². The summed E-state index contributed by atoms with van der Waals surface area (Å²) in [6, 6.07) is 9.49. The number of hydrogen-bond donors (Lipinski definition) is 0. The Kier molecular flexibility index (Phi) is 6.11. The number of benzene rings is 1. The molecule has 0 saturated heterocycles. The van der Waals surface area contributed by atoms with Crippen LogP contribution < -0.4 is 15.2 Å². The van der Waals surface area contributed by atoms with E-state index < -0.39 is 5.97 Å². The molecule has 0 aliphatic carbocycles. The second-order valence-electron chi connectivity index (χ2n) is 6.38. The first kappa shape index (κ1) is 18.9. The van der Waals surface area contributed by atoms with Crippen LogP contribution in [0.3, 0.4) is 0 Å². The van der Waals surface area contributed by atoms with Gasteiger partial charge in [-0.25, -0.2) is 9.78 Å². The average Bonchev–Trinajstić information content (AvgIpc) is 3.09. The number of unbranched alkanes of at least 4 members (excludes halogenated alkanes) is 1. The van der Waals surface area contributed by atoms with Crippen molar-refractivity contribution in [1.29, 1.82) is 0 Å². The summed E-state index contributed by atoms with van der Waals surface area (Å²) in [5.74, 6) is -0.162. The lowest BCUT2D eigenvalue weighted by Crippen LogP contribution is -2.28. The van der Waals surface area contributed by atoms with Crippen LogP contribution in [0.2, 0.25) is 0 Å². The Morgan fingerprint density at radius 1 is 1.19 bits per heavy atom. The lowest BCUT2D eigenvalue weighted by Gasteiger charge is -2.18. The summed E-state index contributed by atoms with van der Waals surface area (Å²) in [6.07, 6.45) is 2.04. The van der Waals surface area contributed by atoms with E-state index in [-0.39, 0.29) is 30.2 Å². The Labute approximate surface area is 158 Å². The van der Waals surface area contributed by atoms with Crippen LogP contribution in [0.15, 0.2) is 35.1 Å². The first-order chi connectivity index (χ1) is 13.2. The molecule has 2 aromatic rings. The van der Waals surface area contributed by atoms with Crippen molar-refractivity contribution in [3.8, 4) is 5.75 Å². The number of ether oxygens (including phenoxy) is 2. The zero-order valence-electron chi connectivity index (χ0n) is 15.8. The predicted octanol–water partition coefficient (Wildman–Crippen LogP) is 2.62. The summed E-state index contributed by atoms with van der Waals surface area (Å²) in [7, 11) is 0. The average molecular weight is 371 g/mol. The summed E-state index contributed by atoms with van der Waals surface area (Å²) in [4.78, 5) is 31.9. The van der Waals surface area contributed by atoms with E-state index in [2.05, 4.69) is 11.9 Å². The number of rotatable bonds is 8. The van der Waals surface area contributed by atoms with Crippen LogP contribution >= 0.6 is 0 Å². The molecule has 7 nitrogen and oxygen atoms in total. The highest BCUT2D eigenvalue weighted by Gasteiger charge is 2.29. The smallest absolute Gasteiger partial charge is 0.361 e. The minimum Gasteiger partial charge on any atom is -0.481 e. The molecule has 0 N–H and O–H groups in total. The highest BCUT2D eigenvalue weighted by molar-refractivity contribution is 5.90. The topological polar surface area (TPSA) is 73.7 Å². The Morgan fingerprint density at radius 2 is 1.96 bits per heavy atom. The van der Waals surface area contributed by atoms with Gasteiger partial charge in [-0.2, -0.15) is 0 Å². The van der Waals surface area contributed by atoms with E-state index >= 15 is 0 Å². The summed E-state index contributed by atoms with van der Waals surface area (Å²) in [5.41, 5.74) is 0.521. The van der Waals surface area contributed by atoms with Crippen molar-refractivity contribution in [2.75, 3.05) is 24.6 Å². The Hall–Kier alpha value is -2.83. The van der Waals surface area contributed by atoms with Crippen molar-refractivity contribution in [2.45, 2.75) is 39.8 Å². The van der Waals surface area contributed by atoms with Gasteiger partial charge in [-0.3, -0.25) is 9.36 Å². The number of fused-ring (bicyclic) bond motifs is 1. The van der Waals surface area contributed by atoms with Gasteiger partial charge in [0.2, 0.25) is 11.7 Å². The molecule has 27 heavy (non-hydrogen) atoms. The van der Waals surface area contributed by atoms with Gasteiger partial charge in [-0.05, 0) is 18.9 Å². The number of carbonyl (C=O) groups is 1. The van der Waals surface area contributed by atoms with E-state index in [1.807, 2.05) is 35.2 Å². The van der Waals surface area contributed by atoms with Crippen LogP contribution in [0.4, 0.5) is 5.95 Å². The lowest BCUT2D eigenvalue weighted by molar-refractivity contribution is 0.0513. The normalized spacial score (nSPS) is 12.7. The van der Waals surface area contributed by atoms with Gasteiger partial charge in [0.15, 0.2) is 5.69 Å². The monoisotopic (exact) mass is 371 g/mol. The fraction of sp³-hybridized carbons (Fsp3) is 0.450. The second-order valence-corrected chi connectivity index (χ2v) is 6.38. The third-order valence-corrected chi connectivity index (χ3v) is 4.46. The van der Waals surface area contributed by atoms with Crippen molar-refractivity contribution in [3.05, 3.63) is 51.9 Å². The largest absolute Gasteiger partial charge is 0.481 e. The van der Waals surface area contributed by atoms with Crippen LogP contribution in [0, 0.1) is 0 Å². The minimum absolute atomic E-state index is 0.0432. The van der Waals surface area contributed by atoms with Crippen molar-refractivity contribution in [1.82, 2.24) is 9.55 Å². The predicted molar refractivity (Wildman–Crippen MR) is 102 cm³/mol. The van der Waals surface area contributed by atoms with Crippen molar-refractivity contribution >= 4 is 11.9 Å². The molecule has 0 spiro atoms. The number of esters is 1. The molecule has 0 unspecified atom stereocenters. The van der Waals surface area contributed by atoms with Gasteiger partial charge in [-0.1, -0.05) is 43.7 Å². The van der Waals surface area contributed by atoms with Crippen LogP contribution in [0.25, 0.3) is 0 Å². The molecule has 0 saturated carbocycles. The number of anilines is 1. The molecule has 144 valence electrons. The zero-order valence-corrected chi connectivity index (χ0v) is 15.8. The van der Waals surface area contributed by atoms with Crippen molar-refractivity contribution in [3.63, 3.8) is 0 Å². The fourth-order valence-electron chi connectivity index (χ4n) is 3.05. The molecule has 3 rings (SSSR count). The summed E-state index contributed by atoms with van der Waals surface area (Å²) in [6.45, 7) is 6.26. The first-order valence-electron chi connectivity index (χ1n) is 9.39. The first-order valence-corrected chi connectivity index (χ1v) is 9.39. The molecule has 0 atom stereocenters. The molecule has 0 bridgehead atoms. The number of carbonyl (C=O) groups excluding carboxylic acids is 1. The molecule has 0 amide bonds. The zero-order chi connectivity index (χ0) is 19.2. The maximum atomic E-state index is 13.0.